The van der Waals surface area contributed by atoms with Crippen molar-refractivity contribution in [2.24, 2.45) is 11.5 Å². The summed E-state index contributed by atoms with van der Waals surface area (Å²) in [7, 11) is 0. The number of fused-ring (bicyclic) bond motifs is 1. The van der Waals surface area contributed by atoms with Crippen LogP contribution in [0, 0.1) is 0 Å². The highest BCUT2D eigenvalue weighted by atomic mass is 16.2. The Morgan fingerprint density at radius 2 is 1.87 bits per heavy atom. The molecule has 1 aromatic carbocycles. The number of nitrogens with one attached hydrogen (secondary N) is 1. The fraction of sp³-hybridized carbons (Fsp3) is 0.368. The van der Waals surface area contributed by atoms with Crippen molar-refractivity contribution in [2.45, 2.75) is 37.4 Å². The Morgan fingerprint density at radius 3 is 2.53 bits per heavy atom. The lowest BCUT2D eigenvalue weighted by atomic mass is 9.91. The number of hydrogen-bond donors (Lipinski definition) is 3. The number of aromatic nitrogens is 3. The van der Waals surface area contributed by atoms with Gasteiger partial charge < -0.3 is 21.7 Å². The normalized spacial score (nSPS) is 23.6. The molecule has 4 rings (SSSR count). The van der Waals surface area contributed by atoms with Crippen LogP contribution in [-0.2, 0) is 16.0 Å². The Morgan fingerprint density at radius 1 is 1.13 bits per heavy atom. The van der Waals surface area contributed by atoms with Crippen LogP contribution in [0.1, 0.15) is 45.4 Å². The van der Waals surface area contributed by atoms with Crippen LogP contribution in [0.3, 0.4) is 0 Å². The lowest BCUT2D eigenvalue weighted by molar-refractivity contribution is -0.152. The first-order chi connectivity index (χ1) is 14.4. The molecule has 0 spiro atoms. The van der Waals surface area contributed by atoms with Crippen molar-refractivity contribution in [3.05, 3.63) is 47.3 Å². The molecule has 1 aromatic heterocycles. The summed E-state index contributed by atoms with van der Waals surface area (Å²) >= 11 is 0. The standard InChI is InChI=1S/C19H21N7O4/c20-16(27)14-15(17(21)28)26(24-23-14)11-6-7-25-13(9-11)18(29)22-12(19(25)30)8-10-4-2-1-3-5-10/h1-5,11-13H,6-9H2,(H2,20,27)(H2,21,28)(H,22,29)/t11-,12-,13-/m0/s1. The fourth-order valence-corrected chi connectivity index (χ4v) is 4.14. The van der Waals surface area contributed by atoms with E-state index in [1.165, 1.54) is 4.68 Å². The smallest absolute Gasteiger partial charge is 0.271 e. The number of carbonyl (C=O) groups is 4. The molecule has 156 valence electrons. The number of carbonyl (C=O) groups excluding carboxylic acids is 4. The molecule has 4 amide bonds. The number of piperidine rings is 1. The maximum absolute atomic E-state index is 13.0. The highest BCUT2D eigenvalue weighted by Gasteiger charge is 2.45. The quantitative estimate of drug-likeness (QED) is 0.556. The second kappa shape index (κ2) is 7.58. The highest BCUT2D eigenvalue weighted by Crippen LogP contribution is 2.31. The van der Waals surface area contributed by atoms with Gasteiger partial charge in [-0.1, -0.05) is 35.5 Å². The number of primary amides is 2. The van der Waals surface area contributed by atoms with E-state index in [1.54, 1.807) is 4.90 Å². The van der Waals surface area contributed by atoms with Gasteiger partial charge in [0.2, 0.25) is 11.8 Å². The van der Waals surface area contributed by atoms with Crippen LogP contribution in [-0.4, -0.2) is 62.2 Å². The largest absolute Gasteiger partial charge is 0.364 e. The molecule has 0 unspecified atom stereocenters. The van der Waals surface area contributed by atoms with E-state index in [4.69, 9.17) is 11.5 Å². The van der Waals surface area contributed by atoms with E-state index in [0.717, 1.165) is 5.56 Å². The predicted molar refractivity (Wildman–Crippen MR) is 103 cm³/mol. The molecule has 11 nitrogen and oxygen atoms in total. The fourth-order valence-electron chi connectivity index (χ4n) is 4.14. The Bertz CT molecular complexity index is 1020. The van der Waals surface area contributed by atoms with Gasteiger partial charge in [0.05, 0.1) is 6.04 Å². The van der Waals surface area contributed by atoms with Crippen LogP contribution in [0.15, 0.2) is 30.3 Å². The van der Waals surface area contributed by atoms with Crippen LogP contribution < -0.4 is 16.8 Å². The zero-order valence-electron chi connectivity index (χ0n) is 16.0. The molecule has 2 fully saturated rings. The van der Waals surface area contributed by atoms with E-state index < -0.39 is 29.9 Å². The van der Waals surface area contributed by atoms with Crippen molar-refractivity contribution in [3.63, 3.8) is 0 Å². The summed E-state index contributed by atoms with van der Waals surface area (Å²) in [6, 6.07) is 7.71. The SMILES string of the molecule is NC(=O)c1nnn([C@H]2CCN3C(=O)[C@H](Cc4ccccc4)NC(=O)[C@@H]3C2)c1C(N)=O. The summed E-state index contributed by atoms with van der Waals surface area (Å²) in [4.78, 5) is 50.6. The summed E-state index contributed by atoms with van der Waals surface area (Å²) in [6.07, 6.45) is 1.06. The van der Waals surface area contributed by atoms with Crippen molar-refractivity contribution in [3.8, 4) is 0 Å². The van der Waals surface area contributed by atoms with E-state index in [9.17, 15) is 19.2 Å². The van der Waals surface area contributed by atoms with Crippen molar-refractivity contribution >= 4 is 23.6 Å². The van der Waals surface area contributed by atoms with Gasteiger partial charge in [0.1, 0.15) is 12.1 Å². The molecule has 30 heavy (non-hydrogen) atoms. The van der Waals surface area contributed by atoms with Crippen molar-refractivity contribution in [1.82, 2.24) is 25.2 Å². The lowest BCUT2D eigenvalue weighted by Crippen LogP contribution is -2.65. The molecule has 0 radical (unpaired) electrons. The zero-order chi connectivity index (χ0) is 21.4. The molecular weight excluding hydrogens is 390 g/mol. The summed E-state index contributed by atoms with van der Waals surface area (Å²) < 4.78 is 1.24. The number of amides is 4. The molecule has 0 saturated carbocycles. The number of nitrogens with two attached hydrogens (primary N) is 2. The molecular formula is C19H21N7O4. The average Bonchev–Trinajstić information content (AvgIpc) is 3.18. The van der Waals surface area contributed by atoms with Gasteiger partial charge in [-0.05, 0) is 18.4 Å². The molecule has 3 atom stereocenters. The highest BCUT2D eigenvalue weighted by molar-refractivity contribution is 6.03. The second-order valence-electron chi connectivity index (χ2n) is 7.44. The van der Waals surface area contributed by atoms with Gasteiger partial charge in [-0.15, -0.1) is 5.10 Å². The summed E-state index contributed by atoms with van der Waals surface area (Å²) in [5.74, 6) is -2.21. The van der Waals surface area contributed by atoms with Gasteiger partial charge in [-0.2, -0.15) is 0 Å². The monoisotopic (exact) mass is 411 g/mol. The number of nitrogens with zero attached hydrogens (tertiary/aromatic N) is 4. The van der Waals surface area contributed by atoms with E-state index in [0.29, 0.717) is 19.4 Å². The van der Waals surface area contributed by atoms with E-state index in [-0.39, 0.29) is 29.6 Å². The van der Waals surface area contributed by atoms with Crippen molar-refractivity contribution < 1.29 is 19.2 Å². The third kappa shape index (κ3) is 3.38. The summed E-state index contributed by atoms with van der Waals surface area (Å²) in [5, 5.41) is 10.3. The molecule has 0 bridgehead atoms. The number of benzene rings is 1. The third-order valence-electron chi connectivity index (χ3n) is 5.56. The van der Waals surface area contributed by atoms with Crippen LogP contribution in [0.5, 0.6) is 0 Å². The minimum absolute atomic E-state index is 0.145. The van der Waals surface area contributed by atoms with Gasteiger partial charge in [0.25, 0.3) is 11.8 Å². The minimum Gasteiger partial charge on any atom is -0.364 e. The number of rotatable bonds is 5. The van der Waals surface area contributed by atoms with Crippen molar-refractivity contribution in [2.75, 3.05) is 6.54 Å². The van der Waals surface area contributed by atoms with Gasteiger partial charge >= 0.3 is 0 Å². The van der Waals surface area contributed by atoms with E-state index in [2.05, 4.69) is 15.6 Å². The summed E-state index contributed by atoms with van der Waals surface area (Å²) in [6.45, 7) is 0.302. The molecule has 3 heterocycles. The second-order valence-corrected chi connectivity index (χ2v) is 7.44. The maximum Gasteiger partial charge on any atom is 0.271 e. The third-order valence-corrected chi connectivity index (χ3v) is 5.56. The van der Waals surface area contributed by atoms with Gasteiger partial charge in [-0.3, -0.25) is 19.2 Å². The number of hydrogen-bond acceptors (Lipinski definition) is 6. The Kier molecular flexibility index (Phi) is 4.94. The zero-order valence-corrected chi connectivity index (χ0v) is 16.0. The molecule has 2 aliphatic heterocycles. The predicted octanol–water partition coefficient (Wildman–Crippen LogP) is -1.25. The Labute approximate surface area is 171 Å². The molecule has 0 aliphatic carbocycles. The van der Waals surface area contributed by atoms with Crippen LogP contribution >= 0.6 is 0 Å². The van der Waals surface area contributed by atoms with Gasteiger partial charge in [0, 0.05) is 13.0 Å². The molecule has 5 N–H and O–H groups in total. The topological polar surface area (TPSA) is 166 Å². The Balaban J connectivity index is 1.53. The molecule has 2 aromatic rings. The van der Waals surface area contributed by atoms with Crippen LogP contribution in [0.4, 0.5) is 0 Å². The minimum atomic E-state index is -0.915. The van der Waals surface area contributed by atoms with Crippen LogP contribution in [0.2, 0.25) is 0 Å². The first-order valence-corrected chi connectivity index (χ1v) is 9.56. The van der Waals surface area contributed by atoms with Gasteiger partial charge in [-0.25, -0.2) is 4.68 Å². The lowest BCUT2D eigenvalue weighted by Gasteiger charge is -2.44. The van der Waals surface area contributed by atoms with Gasteiger partial charge in [0.15, 0.2) is 11.4 Å². The number of piperazine rings is 1. The first-order valence-electron chi connectivity index (χ1n) is 9.56. The molecule has 2 saturated heterocycles. The molecule has 2 aliphatic rings. The first kappa shape index (κ1) is 19.6. The van der Waals surface area contributed by atoms with E-state index >= 15 is 0 Å². The van der Waals surface area contributed by atoms with Crippen LogP contribution in [0.25, 0.3) is 0 Å². The Hall–Kier alpha value is -3.76. The average molecular weight is 411 g/mol. The maximum atomic E-state index is 13.0. The summed E-state index contributed by atoms with van der Waals surface area (Å²) in [5.41, 5.74) is 11.1. The van der Waals surface area contributed by atoms with E-state index in [1.807, 2.05) is 30.3 Å². The molecule has 11 heteroatoms. The van der Waals surface area contributed by atoms with Crippen molar-refractivity contribution in [1.29, 1.82) is 0 Å².